The number of carbonyl (C=O) groups is 3. The second kappa shape index (κ2) is 9.91. The van der Waals surface area contributed by atoms with Gasteiger partial charge < -0.3 is 19.5 Å². The lowest BCUT2D eigenvalue weighted by Crippen LogP contribution is -2.38. The largest absolute Gasteiger partial charge is 0.452 e. The minimum Gasteiger partial charge on any atom is -0.452 e. The Morgan fingerprint density at radius 1 is 1.27 bits per heavy atom. The maximum absolute atomic E-state index is 12.0. The Bertz CT molecular complexity index is 953. The number of ether oxygens (including phenoxy) is 1. The van der Waals surface area contributed by atoms with Gasteiger partial charge in [0.1, 0.15) is 5.82 Å². The van der Waals surface area contributed by atoms with Gasteiger partial charge in [-0.05, 0) is 45.4 Å². The minimum absolute atomic E-state index is 0.141. The first-order chi connectivity index (χ1) is 14.1. The summed E-state index contributed by atoms with van der Waals surface area (Å²) in [5.41, 5.74) is 2.83. The summed E-state index contributed by atoms with van der Waals surface area (Å²) >= 11 is 0. The number of nitrogens with zero attached hydrogens (tertiary/aromatic N) is 4. The molecule has 0 aliphatic heterocycles. The fourth-order valence-corrected chi connectivity index (χ4v) is 2.92. The third kappa shape index (κ3) is 5.59. The van der Waals surface area contributed by atoms with E-state index in [4.69, 9.17) is 4.74 Å². The molecule has 2 aromatic rings. The maximum Gasteiger partial charge on any atom is 0.331 e. The van der Waals surface area contributed by atoms with Gasteiger partial charge in [-0.3, -0.25) is 9.59 Å². The number of hydrogen-bond donors (Lipinski definition) is 1. The molecule has 0 atom stereocenters. The van der Waals surface area contributed by atoms with Crippen LogP contribution >= 0.6 is 0 Å². The van der Waals surface area contributed by atoms with Crippen molar-refractivity contribution in [3.05, 3.63) is 41.4 Å². The lowest BCUT2D eigenvalue weighted by Gasteiger charge is -2.15. The van der Waals surface area contributed by atoms with Gasteiger partial charge in [-0.1, -0.05) is 0 Å². The number of nitrogens with one attached hydrogen (secondary N) is 1. The van der Waals surface area contributed by atoms with Crippen molar-refractivity contribution < 1.29 is 19.1 Å². The standard InChI is InChI=1S/C21H29N5O4/c1-14(2)26-19(9-10-23-26)25-15(3)11-17(16(25)4)7-8-21(29)30-13-18(27)22-12-20(28)24(5)6/h7-11,14H,12-13H2,1-6H3,(H,22,27)/b8-7+. The van der Waals surface area contributed by atoms with Crippen LogP contribution in [0.5, 0.6) is 0 Å². The molecular weight excluding hydrogens is 386 g/mol. The van der Waals surface area contributed by atoms with E-state index in [-0.39, 0.29) is 18.5 Å². The van der Waals surface area contributed by atoms with Crippen molar-refractivity contribution in [2.75, 3.05) is 27.2 Å². The van der Waals surface area contributed by atoms with Gasteiger partial charge in [0.25, 0.3) is 5.91 Å². The quantitative estimate of drug-likeness (QED) is 0.522. The Balaban J connectivity index is 2.00. The summed E-state index contributed by atoms with van der Waals surface area (Å²) in [6.07, 6.45) is 4.70. The average Bonchev–Trinajstić information content (AvgIpc) is 3.26. The molecule has 162 valence electrons. The molecule has 9 nitrogen and oxygen atoms in total. The van der Waals surface area contributed by atoms with E-state index in [0.717, 1.165) is 22.8 Å². The van der Waals surface area contributed by atoms with E-state index in [1.807, 2.05) is 30.7 Å². The summed E-state index contributed by atoms with van der Waals surface area (Å²) in [6.45, 7) is 7.49. The molecule has 0 aliphatic rings. The molecule has 0 aliphatic carbocycles. The summed E-state index contributed by atoms with van der Waals surface area (Å²) in [5.74, 6) is -0.469. The molecule has 0 aromatic carbocycles. The van der Waals surface area contributed by atoms with Crippen molar-refractivity contribution >= 4 is 23.9 Å². The van der Waals surface area contributed by atoms with Crippen LogP contribution < -0.4 is 5.32 Å². The van der Waals surface area contributed by atoms with Crippen LogP contribution in [0, 0.1) is 13.8 Å². The highest BCUT2D eigenvalue weighted by Gasteiger charge is 2.15. The van der Waals surface area contributed by atoms with Crippen molar-refractivity contribution in [2.45, 2.75) is 33.7 Å². The van der Waals surface area contributed by atoms with Crippen molar-refractivity contribution in [2.24, 2.45) is 0 Å². The summed E-state index contributed by atoms with van der Waals surface area (Å²) in [4.78, 5) is 36.4. The number of likely N-dealkylation sites (N-methyl/N-ethyl adjacent to an activating group) is 1. The van der Waals surface area contributed by atoms with Gasteiger partial charge in [0.2, 0.25) is 5.91 Å². The Labute approximate surface area is 176 Å². The molecule has 0 fully saturated rings. The smallest absolute Gasteiger partial charge is 0.331 e. The average molecular weight is 415 g/mol. The molecule has 1 N–H and O–H groups in total. The number of amides is 2. The minimum atomic E-state index is -0.638. The van der Waals surface area contributed by atoms with Gasteiger partial charge in [0.05, 0.1) is 12.7 Å². The number of aryl methyl sites for hydroxylation is 1. The van der Waals surface area contributed by atoms with Crippen molar-refractivity contribution in [3.8, 4) is 5.82 Å². The Morgan fingerprint density at radius 3 is 2.60 bits per heavy atom. The van der Waals surface area contributed by atoms with Crippen LogP contribution in [0.15, 0.2) is 24.4 Å². The molecule has 2 heterocycles. The van der Waals surface area contributed by atoms with E-state index >= 15 is 0 Å². The number of esters is 1. The Kier molecular flexibility index (Phi) is 7.57. The fraction of sp³-hybridized carbons (Fsp3) is 0.429. The maximum atomic E-state index is 12.0. The molecule has 2 aromatic heterocycles. The SMILES string of the molecule is Cc1cc(/C=C/C(=O)OCC(=O)NCC(=O)N(C)C)c(C)n1-c1ccnn1C(C)C. The van der Waals surface area contributed by atoms with Crippen molar-refractivity contribution in [1.82, 2.24) is 24.6 Å². The third-order valence-corrected chi connectivity index (χ3v) is 4.52. The third-order valence-electron chi connectivity index (χ3n) is 4.52. The number of aromatic nitrogens is 3. The van der Waals surface area contributed by atoms with Gasteiger partial charge in [-0.15, -0.1) is 0 Å². The molecular formula is C21H29N5O4. The summed E-state index contributed by atoms with van der Waals surface area (Å²) in [7, 11) is 3.18. The monoisotopic (exact) mass is 415 g/mol. The number of carbonyl (C=O) groups excluding carboxylic acids is 3. The van der Waals surface area contributed by atoms with Crippen LogP contribution in [0.3, 0.4) is 0 Å². The van der Waals surface area contributed by atoms with E-state index in [1.165, 1.54) is 11.0 Å². The van der Waals surface area contributed by atoms with Crippen molar-refractivity contribution in [1.29, 1.82) is 0 Å². The van der Waals surface area contributed by atoms with E-state index in [9.17, 15) is 14.4 Å². The number of hydrogen-bond acceptors (Lipinski definition) is 5. The molecule has 0 saturated heterocycles. The van der Waals surface area contributed by atoms with Crippen LogP contribution in [-0.4, -0.2) is 64.3 Å². The summed E-state index contributed by atoms with van der Waals surface area (Å²) in [6, 6.07) is 4.13. The fourth-order valence-electron chi connectivity index (χ4n) is 2.92. The van der Waals surface area contributed by atoms with Crippen LogP contribution in [0.2, 0.25) is 0 Å². The first-order valence-electron chi connectivity index (χ1n) is 9.66. The van der Waals surface area contributed by atoms with Gasteiger partial charge in [-0.25, -0.2) is 9.48 Å². The second-order valence-corrected chi connectivity index (χ2v) is 7.40. The second-order valence-electron chi connectivity index (χ2n) is 7.40. The van der Waals surface area contributed by atoms with Crippen LogP contribution in [-0.2, 0) is 19.1 Å². The molecule has 2 amide bonds. The topological polar surface area (TPSA) is 98.5 Å². The molecule has 0 bridgehead atoms. The van der Waals surface area contributed by atoms with Crippen LogP contribution in [0.4, 0.5) is 0 Å². The lowest BCUT2D eigenvalue weighted by atomic mass is 10.2. The predicted molar refractivity (Wildman–Crippen MR) is 113 cm³/mol. The van der Waals surface area contributed by atoms with E-state index in [1.54, 1.807) is 26.4 Å². The highest BCUT2D eigenvalue weighted by atomic mass is 16.5. The molecule has 2 rings (SSSR count). The summed E-state index contributed by atoms with van der Waals surface area (Å²) < 4.78 is 8.94. The van der Waals surface area contributed by atoms with Gasteiger partial charge in [0, 0.05) is 43.7 Å². The zero-order valence-electron chi connectivity index (χ0n) is 18.3. The molecule has 0 saturated carbocycles. The Morgan fingerprint density at radius 2 is 1.97 bits per heavy atom. The van der Waals surface area contributed by atoms with E-state index < -0.39 is 18.5 Å². The van der Waals surface area contributed by atoms with E-state index in [2.05, 4.69) is 28.8 Å². The van der Waals surface area contributed by atoms with Gasteiger partial charge >= 0.3 is 5.97 Å². The van der Waals surface area contributed by atoms with Crippen molar-refractivity contribution in [3.63, 3.8) is 0 Å². The first kappa shape index (κ1) is 22.9. The normalized spacial score (nSPS) is 11.2. The van der Waals surface area contributed by atoms with Gasteiger partial charge in [-0.2, -0.15) is 5.10 Å². The summed E-state index contributed by atoms with van der Waals surface area (Å²) in [5, 5.41) is 6.78. The predicted octanol–water partition coefficient (Wildman–Crippen LogP) is 1.63. The zero-order valence-corrected chi connectivity index (χ0v) is 18.3. The highest BCUT2D eigenvalue weighted by molar-refractivity contribution is 5.90. The van der Waals surface area contributed by atoms with Crippen LogP contribution in [0.25, 0.3) is 11.9 Å². The van der Waals surface area contributed by atoms with E-state index in [0.29, 0.717) is 0 Å². The molecule has 0 radical (unpaired) electrons. The Hall–Kier alpha value is -3.36. The first-order valence-corrected chi connectivity index (χ1v) is 9.66. The van der Waals surface area contributed by atoms with Crippen LogP contribution in [0.1, 0.15) is 36.8 Å². The lowest BCUT2D eigenvalue weighted by molar-refractivity contribution is -0.144. The molecule has 30 heavy (non-hydrogen) atoms. The molecule has 0 unspecified atom stereocenters. The zero-order chi connectivity index (χ0) is 22.4. The number of rotatable bonds is 8. The van der Waals surface area contributed by atoms with Gasteiger partial charge in [0.15, 0.2) is 6.61 Å². The molecule has 0 spiro atoms. The molecule has 9 heteroatoms. The highest BCUT2D eigenvalue weighted by Crippen LogP contribution is 2.23.